The van der Waals surface area contributed by atoms with Crippen LogP contribution in [0.1, 0.15) is 12.8 Å². The first-order chi connectivity index (χ1) is 9.46. The average molecular weight is 399 g/mol. The quantitative estimate of drug-likeness (QED) is 0.493. The van der Waals surface area contributed by atoms with Gasteiger partial charge < -0.3 is 7.43 Å². The Morgan fingerprint density at radius 2 is 1.05 bits per heavy atom. The molecule has 0 bridgehead atoms. The molecule has 0 N–H and O–H groups in total. The monoisotopic (exact) mass is 398 g/mol. The summed E-state index contributed by atoms with van der Waals surface area (Å²) in [5, 5.41) is 0. The van der Waals surface area contributed by atoms with E-state index in [1.165, 1.54) is 0 Å². The van der Waals surface area contributed by atoms with Crippen molar-refractivity contribution in [3.05, 3.63) is 56.0 Å². The van der Waals surface area contributed by atoms with Gasteiger partial charge in [-0.05, 0) is 0 Å². The first kappa shape index (κ1) is 27.4. The molecule has 22 heavy (non-hydrogen) atoms. The predicted molar refractivity (Wildman–Crippen MR) is 112 cm³/mol. The van der Waals surface area contributed by atoms with Gasteiger partial charge in [0.05, 0.1) is 0 Å². The van der Waals surface area contributed by atoms with Crippen molar-refractivity contribution in [2.75, 3.05) is 0 Å². The summed E-state index contributed by atoms with van der Waals surface area (Å²) in [5.41, 5.74) is 0. The van der Waals surface area contributed by atoms with E-state index in [1.54, 1.807) is 0 Å². The second-order valence-electron chi connectivity index (χ2n) is 5.97. The Labute approximate surface area is 161 Å². The van der Waals surface area contributed by atoms with Crippen LogP contribution in [0.15, 0.2) is 36.5 Å². The standard InChI is InChI=1S/C6H21Si4.2C5H5.CH3.Ti/c1-7(2)10(8(3)4)9(5)6;2*1-2-4-5-3-1;;/h7-9H,1-6H3;2*1-3H,4H2;1H3;/q;3*-1;+3. The van der Waals surface area contributed by atoms with Crippen LogP contribution in [-0.4, -0.2) is 32.3 Å². The minimum atomic E-state index is -0.176. The van der Waals surface area contributed by atoms with Gasteiger partial charge in [0, 0.05) is 32.3 Å². The van der Waals surface area contributed by atoms with Crippen LogP contribution in [0.5, 0.6) is 0 Å². The fourth-order valence-corrected chi connectivity index (χ4v) is 54.7. The van der Waals surface area contributed by atoms with Gasteiger partial charge >= 0.3 is 21.7 Å². The van der Waals surface area contributed by atoms with Crippen molar-refractivity contribution in [1.29, 1.82) is 0 Å². The van der Waals surface area contributed by atoms with Crippen LogP contribution in [0.2, 0.25) is 39.3 Å². The molecule has 2 aliphatic rings. The molecule has 122 valence electrons. The number of allylic oxidation sites excluding steroid dienone is 8. The van der Waals surface area contributed by atoms with Crippen molar-refractivity contribution in [1.82, 2.24) is 0 Å². The van der Waals surface area contributed by atoms with Gasteiger partial charge in [-0.2, -0.15) is 12.2 Å². The van der Waals surface area contributed by atoms with E-state index in [0.717, 1.165) is 12.8 Å². The van der Waals surface area contributed by atoms with Gasteiger partial charge in [-0.25, -0.2) is 24.3 Å². The van der Waals surface area contributed by atoms with E-state index in [9.17, 15) is 0 Å². The summed E-state index contributed by atoms with van der Waals surface area (Å²) in [6.07, 6.45) is 20.0. The molecule has 2 radical (unpaired) electrons. The zero-order valence-electron chi connectivity index (χ0n) is 15.6. The molecule has 0 aromatic carbocycles. The molecule has 0 saturated heterocycles. The summed E-state index contributed by atoms with van der Waals surface area (Å²) in [6.45, 7) is 15.5. The van der Waals surface area contributed by atoms with E-state index in [2.05, 4.69) is 63.6 Å². The second-order valence-corrected chi connectivity index (χ2v) is 36.3. The third-order valence-corrected chi connectivity index (χ3v) is 55.2. The molecule has 0 unspecified atom stereocenters. The SMILES string of the molecule is C[SiH](C)[Si]([SiH](C)C)[SiH](C)C.[C-]1=CC=CC1.[C-]1=CC=CC1.[CH3-].[Ti+3]. The van der Waals surface area contributed by atoms with E-state index >= 15 is 0 Å². The molecule has 0 spiro atoms. The van der Waals surface area contributed by atoms with E-state index in [-0.39, 0.29) is 54.1 Å². The summed E-state index contributed by atoms with van der Waals surface area (Å²) < 4.78 is 0. The topological polar surface area (TPSA) is 0 Å². The van der Waals surface area contributed by atoms with Gasteiger partial charge in [-0.1, -0.05) is 39.3 Å². The van der Waals surface area contributed by atoms with Gasteiger partial charge in [0.2, 0.25) is 0 Å². The largest absolute Gasteiger partial charge is 3.00 e. The van der Waals surface area contributed by atoms with Gasteiger partial charge in [0.1, 0.15) is 0 Å². The summed E-state index contributed by atoms with van der Waals surface area (Å²) in [7, 11) is -0.207. The maximum Gasteiger partial charge on any atom is 3.00 e. The third kappa shape index (κ3) is 15.4. The second kappa shape index (κ2) is 17.9. The maximum atomic E-state index is 2.99. The fourth-order valence-electron chi connectivity index (χ4n) is 2.68. The molecule has 0 amide bonds. The van der Waals surface area contributed by atoms with Crippen molar-refractivity contribution in [3.63, 3.8) is 0 Å². The van der Waals surface area contributed by atoms with Crippen LogP contribution in [0.4, 0.5) is 0 Å². The normalized spacial score (nSPS) is 13.7. The van der Waals surface area contributed by atoms with Crippen molar-refractivity contribution in [2.45, 2.75) is 52.1 Å². The van der Waals surface area contributed by atoms with Crippen molar-refractivity contribution in [2.24, 2.45) is 0 Å². The number of rotatable bonds is 3. The van der Waals surface area contributed by atoms with Crippen LogP contribution in [-0.2, 0) is 21.7 Å². The molecule has 0 aromatic rings. The van der Waals surface area contributed by atoms with Crippen LogP contribution in [0.25, 0.3) is 0 Å². The zero-order chi connectivity index (χ0) is 15.4. The molecule has 0 aliphatic heterocycles. The Morgan fingerprint density at radius 1 is 0.727 bits per heavy atom. The molecule has 2 rings (SSSR count). The Bertz CT molecular complexity index is 284. The Balaban J connectivity index is -0.000000254. The first-order valence-electron chi connectivity index (χ1n) is 7.76. The van der Waals surface area contributed by atoms with Crippen LogP contribution < -0.4 is 0 Å². The van der Waals surface area contributed by atoms with Crippen molar-refractivity contribution in [3.8, 4) is 0 Å². The Morgan fingerprint density at radius 3 is 1.09 bits per heavy atom. The molecule has 0 heterocycles. The molecule has 0 atom stereocenters. The number of hydrogen-bond acceptors (Lipinski definition) is 0. The summed E-state index contributed by atoms with van der Waals surface area (Å²) >= 11 is 0. The molecule has 2 aliphatic carbocycles. The van der Waals surface area contributed by atoms with Gasteiger partial charge in [-0.15, -0.1) is 12.8 Å². The molecular formula is C17H34Si4Ti. The van der Waals surface area contributed by atoms with E-state index in [4.69, 9.17) is 0 Å². The van der Waals surface area contributed by atoms with Crippen LogP contribution in [0, 0.1) is 19.6 Å². The van der Waals surface area contributed by atoms with Crippen LogP contribution in [0.3, 0.4) is 0 Å². The first-order valence-corrected chi connectivity index (χ1v) is 21.6. The molecule has 0 saturated carbocycles. The summed E-state index contributed by atoms with van der Waals surface area (Å²) in [6, 6.07) is 0. The molecule has 0 aromatic heterocycles. The van der Waals surface area contributed by atoms with Crippen LogP contribution >= 0.6 is 0 Å². The predicted octanol–water partition coefficient (Wildman–Crippen LogP) is 4.24. The molecule has 0 fully saturated rings. The van der Waals surface area contributed by atoms with Crippen molar-refractivity contribution < 1.29 is 21.7 Å². The smallest absolute Gasteiger partial charge is 0.358 e. The molecular weight excluding hydrogens is 364 g/mol. The van der Waals surface area contributed by atoms with E-state index < -0.39 is 0 Å². The molecule has 5 heteroatoms. The van der Waals surface area contributed by atoms with Gasteiger partial charge in [-0.3, -0.25) is 12.2 Å². The fraction of sp³-hybridized carbons (Fsp3) is 0.471. The third-order valence-electron chi connectivity index (χ3n) is 3.17. The zero-order valence-corrected chi connectivity index (χ0v) is 21.6. The van der Waals surface area contributed by atoms with E-state index in [0.29, 0.717) is 7.35 Å². The minimum Gasteiger partial charge on any atom is -0.358 e. The van der Waals surface area contributed by atoms with Gasteiger partial charge in [0.15, 0.2) is 0 Å². The maximum absolute atomic E-state index is 2.99. The van der Waals surface area contributed by atoms with Crippen molar-refractivity contribution >= 4 is 32.3 Å². The van der Waals surface area contributed by atoms with E-state index in [1.807, 2.05) is 24.3 Å². The Kier molecular flexibility index (Phi) is 22.3. The Hall–Kier alpha value is 0.542. The summed E-state index contributed by atoms with van der Waals surface area (Å²) in [4.78, 5) is 0. The van der Waals surface area contributed by atoms with Gasteiger partial charge in [0.25, 0.3) is 0 Å². The molecule has 0 nitrogen and oxygen atoms in total. The summed E-state index contributed by atoms with van der Waals surface area (Å²) in [5.74, 6) is 0. The minimum absolute atomic E-state index is 0. The number of hydrogen-bond donors (Lipinski definition) is 0. The average Bonchev–Trinajstić information content (AvgIpc) is 3.07.